The van der Waals surface area contributed by atoms with Crippen molar-refractivity contribution < 1.29 is 14.3 Å². The SMILES string of the molecule is O=C(O)c1ccn2c(-c3ccc(Br)o3)nnc2c1. The maximum atomic E-state index is 10.8. The Morgan fingerprint density at radius 1 is 1.33 bits per heavy atom. The lowest BCUT2D eigenvalue weighted by atomic mass is 10.2. The van der Waals surface area contributed by atoms with Crippen LogP contribution in [0.25, 0.3) is 17.2 Å². The molecular weight excluding hydrogens is 302 g/mol. The van der Waals surface area contributed by atoms with E-state index in [-0.39, 0.29) is 5.56 Å². The summed E-state index contributed by atoms with van der Waals surface area (Å²) >= 11 is 3.21. The Labute approximate surface area is 109 Å². The summed E-state index contributed by atoms with van der Waals surface area (Å²) < 4.78 is 7.65. The van der Waals surface area contributed by atoms with E-state index < -0.39 is 5.97 Å². The Kier molecular flexibility index (Phi) is 2.41. The van der Waals surface area contributed by atoms with Crippen LogP contribution in [0.4, 0.5) is 0 Å². The van der Waals surface area contributed by atoms with Crippen molar-refractivity contribution in [3.8, 4) is 11.6 Å². The number of carbonyl (C=O) groups is 1. The number of hydrogen-bond acceptors (Lipinski definition) is 4. The minimum atomic E-state index is -0.997. The van der Waals surface area contributed by atoms with Gasteiger partial charge in [0.15, 0.2) is 16.1 Å². The van der Waals surface area contributed by atoms with E-state index in [9.17, 15) is 4.79 Å². The van der Waals surface area contributed by atoms with Gasteiger partial charge in [0, 0.05) is 6.20 Å². The molecule has 3 aromatic rings. The van der Waals surface area contributed by atoms with Gasteiger partial charge in [-0.2, -0.15) is 0 Å². The molecule has 0 unspecified atom stereocenters. The summed E-state index contributed by atoms with van der Waals surface area (Å²) in [6, 6.07) is 6.45. The Morgan fingerprint density at radius 3 is 2.83 bits per heavy atom. The van der Waals surface area contributed by atoms with Crippen LogP contribution in [0.15, 0.2) is 39.5 Å². The summed E-state index contributed by atoms with van der Waals surface area (Å²) in [5, 5.41) is 16.8. The van der Waals surface area contributed by atoms with Crippen molar-refractivity contribution in [3.63, 3.8) is 0 Å². The number of carboxylic acids is 1. The third-order valence-electron chi connectivity index (χ3n) is 2.45. The van der Waals surface area contributed by atoms with Crippen LogP contribution >= 0.6 is 15.9 Å². The number of carboxylic acid groups (broad SMARTS) is 1. The van der Waals surface area contributed by atoms with E-state index >= 15 is 0 Å². The standard InChI is InChI=1S/C11H6BrN3O3/c12-8-2-1-7(18-8)10-14-13-9-5-6(11(16)17)3-4-15(9)10/h1-5H,(H,16,17). The zero-order chi connectivity index (χ0) is 12.7. The highest BCUT2D eigenvalue weighted by Gasteiger charge is 2.13. The van der Waals surface area contributed by atoms with Crippen molar-refractivity contribution in [2.45, 2.75) is 0 Å². The van der Waals surface area contributed by atoms with Gasteiger partial charge < -0.3 is 9.52 Å². The summed E-state index contributed by atoms with van der Waals surface area (Å²) in [7, 11) is 0. The highest BCUT2D eigenvalue weighted by Crippen LogP contribution is 2.24. The molecule has 0 aromatic carbocycles. The number of aromatic nitrogens is 3. The molecule has 7 heteroatoms. The molecule has 90 valence electrons. The molecule has 0 spiro atoms. The molecule has 18 heavy (non-hydrogen) atoms. The Hall–Kier alpha value is -2.15. The monoisotopic (exact) mass is 307 g/mol. The Balaban J connectivity index is 2.18. The summed E-state index contributed by atoms with van der Waals surface area (Å²) in [6.45, 7) is 0. The number of halogens is 1. The first-order valence-electron chi connectivity index (χ1n) is 4.99. The second kappa shape index (κ2) is 3.95. The number of pyridine rings is 1. The number of hydrogen-bond donors (Lipinski definition) is 1. The fourth-order valence-corrected chi connectivity index (χ4v) is 1.93. The molecule has 1 N–H and O–H groups in total. The van der Waals surface area contributed by atoms with Gasteiger partial charge in [-0.1, -0.05) is 0 Å². The first-order chi connectivity index (χ1) is 8.65. The summed E-state index contributed by atoms with van der Waals surface area (Å²) in [5.74, 6) is 0.0767. The van der Waals surface area contributed by atoms with Gasteiger partial charge in [-0.15, -0.1) is 10.2 Å². The largest absolute Gasteiger partial charge is 0.478 e. The molecular formula is C11H6BrN3O3. The van der Waals surface area contributed by atoms with Gasteiger partial charge >= 0.3 is 5.97 Å². The first-order valence-corrected chi connectivity index (χ1v) is 5.78. The van der Waals surface area contributed by atoms with Crippen molar-refractivity contribution in [1.82, 2.24) is 14.6 Å². The van der Waals surface area contributed by atoms with Gasteiger partial charge in [-0.05, 0) is 40.2 Å². The van der Waals surface area contributed by atoms with Crippen molar-refractivity contribution >= 4 is 27.5 Å². The van der Waals surface area contributed by atoms with Crippen LogP contribution in [0.2, 0.25) is 0 Å². The molecule has 3 heterocycles. The number of nitrogens with zero attached hydrogens (tertiary/aromatic N) is 3. The highest BCUT2D eigenvalue weighted by atomic mass is 79.9. The van der Waals surface area contributed by atoms with Crippen molar-refractivity contribution in [2.75, 3.05) is 0 Å². The van der Waals surface area contributed by atoms with Gasteiger partial charge in [-0.25, -0.2) is 4.79 Å². The van der Waals surface area contributed by atoms with Crippen LogP contribution in [-0.4, -0.2) is 25.7 Å². The predicted molar refractivity (Wildman–Crippen MR) is 65.3 cm³/mol. The molecule has 0 aliphatic rings. The summed E-state index contributed by atoms with van der Waals surface area (Å²) in [5.41, 5.74) is 0.625. The number of aromatic carboxylic acids is 1. The van der Waals surface area contributed by atoms with Crippen LogP contribution in [-0.2, 0) is 0 Å². The molecule has 0 radical (unpaired) electrons. The number of furan rings is 1. The third-order valence-corrected chi connectivity index (χ3v) is 2.88. The third kappa shape index (κ3) is 1.68. The first kappa shape index (κ1) is 11.0. The maximum Gasteiger partial charge on any atom is 0.335 e. The van der Waals surface area contributed by atoms with Crippen LogP contribution < -0.4 is 0 Å². The van der Waals surface area contributed by atoms with Gasteiger partial charge in [0.25, 0.3) is 0 Å². The van der Waals surface area contributed by atoms with Crippen molar-refractivity contribution in [3.05, 3.63) is 40.7 Å². The number of rotatable bonds is 2. The van der Waals surface area contributed by atoms with E-state index in [4.69, 9.17) is 9.52 Å². The van der Waals surface area contributed by atoms with E-state index in [1.165, 1.54) is 12.1 Å². The minimum absolute atomic E-state index is 0.169. The lowest BCUT2D eigenvalue weighted by Crippen LogP contribution is -1.97. The maximum absolute atomic E-state index is 10.8. The van der Waals surface area contributed by atoms with Gasteiger partial charge in [-0.3, -0.25) is 4.40 Å². The summed E-state index contributed by atoms with van der Waals surface area (Å²) in [6.07, 6.45) is 1.60. The Bertz CT molecular complexity index is 747. The van der Waals surface area contributed by atoms with E-state index in [0.717, 1.165) is 0 Å². The van der Waals surface area contributed by atoms with Crippen LogP contribution in [0.3, 0.4) is 0 Å². The minimum Gasteiger partial charge on any atom is -0.478 e. The van der Waals surface area contributed by atoms with Crippen molar-refractivity contribution in [2.24, 2.45) is 0 Å². The second-order valence-corrected chi connectivity index (χ2v) is 4.36. The average molecular weight is 308 g/mol. The molecule has 3 aromatic heterocycles. The fourth-order valence-electron chi connectivity index (χ4n) is 1.63. The van der Waals surface area contributed by atoms with Crippen LogP contribution in [0.1, 0.15) is 10.4 Å². The molecule has 6 nitrogen and oxygen atoms in total. The molecule has 0 saturated carbocycles. The van der Waals surface area contributed by atoms with Crippen molar-refractivity contribution in [1.29, 1.82) is 0 Å². The van der Waals surface area contributed by atoms with E-state index in [1.54, 1.807) is 22.7 Å². The normalized spacial score (nSPS) is 10.9. The number of fused-ring (bicyclic) bond motifs is 1. The summed E-state index contributed by atoms with van der Waals surface area (Å²) in [4.78, 5) is 10.8. The Morgan fingerprint density at radius 2 is 2.17 bits per heavy atom. The zero-order valence-electron chi connectivity index (χ0n) is 8.87. The van der Waals surface area contributed by atoms with Gasteiger partial charge in [0.1, 0.15) is 0 Å². The topological polar surface area (TPSA) is 80.6 Å². The molecule has 0 fully saturated rings. The molecule has 0 amide bonds. The lowest BCUT2D eigenvalue weighted by molar-refractivity contribution is 0.0697. The van der Waals surface area contributed by atoms with Crippen LogP contribution in [0.5, 0.6) is 0 Å². The van der Waals surface area contributed by atoms with Crippen LogP contribution in [0, 0.1) is 0 Å². The van der Waals surface area contributed by atoms with E-state index in [0.29, 0.717) is 21.9 Å². The van der Waals surface area contributed by atoms with Gasteiger partial charge in [0.05, 0.1) is 5.56 Å². The zero-order valence-corrected chi connectivity index (χ0v) is 10.5. The molecule has 0 aliphatic carbocycles. The highest BCUT2D eigenvalue weighted by molar-refractivity contribution is 9.10. The smallest absolute Gasteiger partial charge is 0.335 e. The van der Waals surface area contributed by atoms with E-state index in [1.807, 2.05) is 0 Å². The molecule has 0 bridgehead atoms. The average Bonchev–Trinajstić information content (AvgIpc) is 2.93. The van der Waals surface area contributed by atoms with Gasteiger partial charge in [0.2, 0.25) is 5.82 Å². The second-order valence-electron chi connectivity index (χ2n) is 3.58. The molecule has 0 saturated heterocycles. The predicted octanol–water partition coefficient (Wildman–Crippen LogP) is 2.45. The fraction of sp³-hybridized carbons (Fsp3) is 0. The quantitative estimate of drug-likeness (QED) is 0.786. The van der Waals surface area contributed by atoms with E-state index in [2.05, 4.69) is 26.1 Å². The lowest BCUT2D eigenvalue weighted by Gasteiger charge is -1.97. The molecule has 3 rings (SSSR count). The molecule has 0 aliphatic heterocycles. The molecule has 0 atom stereocenters.